The summed E-state index contributed by atoms with van der Waals surface area (Å²) < 4.78 is 4.10. The number of nitrogens with one attached hydrogen (secondary N) is 1. The van der Waals surface area contributed by atoms with Gasteiger partial charge in [0, 0.05) is 37.9 Å². The van der Waals surface area contributed by atoms with Crippen LogP contribution in [0.1, 0.15) is 43.6 Å². The third kappa shape index (κ3) is 5.17. The Morgan fingerprint density at radius 3 is 2.62 bits per heavy atom. The highest BCUT2D eigenvalue weighted by atomic mass is 35.5. The molecule has 21 heavy (non-hydrogen) atoms. The van der Waals surface area contributed by atoms with E-state index < -0.39 is 0 Å². The predicted molar refractivity (Wildman–Crippen MR) is 87.6 cm³/mol. The zero-order valence-corrected chi connectivity index (χ0v) is 14.0. The number of hydrogen-bond donors (Lipinski definition) is 1. The van der Waals surface area contributed by atoms with Crippen LogP contribution in [0.15, 0.2) is 18.5 Å². The fourth-order valence-corrected chi connectivity index (χ4v) is 2.33. The number of aryl methyl sites for hydroxylation is 3. The molecule has 0 amide bonds. The summed E-state index contributed by atoms with van der Waals surface area (Å²) in [5, 5.41) is 12.3. The Balaban J connectivity index is 0.00000220. The molecule has 0 aromatic carbocycles. The van der Waals surface area contributed by atoms with Crippen molar-refractivity contribution in [2.45, 2.75) is 59.8 Å². The summed E-state index contributed by atoms with van der Waals surface area (Å²) in [7, 11) is 0. The van der Waals surface area contributed by atoms with Crippen LogP contribution in [0, 0.1) is 6.92 Å². The molecule has 0 unspecified atom stereocenters. The lowest BCUT2D eigenvalue weighted by atomic mass is 10.3. The molecule has 0 atom stereocenters. The van der Waals surface area contributed by atoms with Gasteiger partial charge in [-0.2, -0.15) is 10.2 Å². The summed E-state index contributed by atoms with van der Waals surface area (Å²) in [5.74, 6) is 0. The van der Waals surface area contributed by atoms with Gasteiger partial charge in [-0.25, -0.2) is 0 Å². The van der Waals surface area contributed by atoms with E-state index in [1.807, 2.05) is 17.8 Å². The van der Waals surface area contributed by atoms with Crippen molar-refractivity contribution in [3.05, 3.63) is 35.4 Å². The van der Waals surface area contributed by atoms with Gasteiger partial charge >= 0.3 is 0 Å². The van der Waals surface area contributed by atoms with Crippen LogP contribution in [-0.2, 0) is 26.2 Å². The Morgan fingerprint density at radius 1 is 1.14 bits per heavy atom. The van der Waals surface area contributed by atoms with Crippen LogP contribution in [-0.4, -0.2) is 19.6 Å². The van der Waals surface area contributed by atoms with Crippen molar-refractivity contribution >= 4 is 12.4 Å². The molecule has 0 saturated carbocycles. The standard InChI is InChI=1S/C15H25N5.ClH/c1-4-6-19-12-14(10-17-19)9-16-11-15-8-13(3)18-20(15)7-5-2;/h8,10,12,16H,4-7,9,11H2,1-3H3;1H. The van der Waals surface area contributed by atoms with Crippen molar-refractivity contribution < 1.29 is 0 Å². The van der Waals surface area contributed by atoms with Gasteiger partial charge in [-0.1, -0.05) is 13.8 Å². The molecule has 6 heteroatoms. The lowest BCUT2D eigenvalue weighted by Crippen LogP contribution is -2.16. The van der Waals surface area contributed by atoms with E-state index in [4.69, 9.17) is 0 Å². The van der Waals surface area contributed by atoms with Crippen LogP contribution < -0.4 is 5.32 Å². The van der Waals surface area contributed by atoms with Crippen LogP contribution in [0.5, 0.6) is 0 Å². The third-order valence-electron chi connectivity index (χ3n) is 3.20. The van der Waals surface area contributed by atoms with E-state index in [-0.39, 0.29) is 12.4 Å². The Morgan fingerprint density at radius 2 is 1.90 bits per heavy atom. The van der Waals surface area contributed by atoms with Crippen LogP contribution in [0.4, 0.5) is 0 Å². The fraction of sp³-hybridized carbons (Fsp3) is 0.600. The highest BCUT2D eigenvalue weighted by Crippen LogP contribution is 2.05. The molecule has 0 aliphatic heterocycles. The second-order valence-corrected chi connectivity index (χ2v) is 5.22. The molecule has 2 aromatic rings. The topological polar surface area (TPSA) is 47.7 Å². The first-order chi connectivity index (χ1) is 9.72. The summed E-state index contributed by atoms with van der Waals surface area (Å²) in [5.41, 5.74) is 3.58. The molecule has 0 saturated heterocycles. The second-order valence-electron chi connectivity index (χ2n) is 5.22. The van der Waals surface area contributed by atoms with Crippen LogP contribution >= 0.6 is 12.4 Å². The van der Waals surface area contributed by atoms with Gasteiger partial charge in [0.25, 0.3) is 0 Å². The maximum absolute atomic E-state index is 4.51. The van der Waals surface area contributed by atoms with Gasteiger partial charge in [-0.15, -0.1) is 12.4 Å². The van der Waals surface area contributed by atoms with Gasteiger partial charge in [0.15, 0.2) is 0 Å². The summed E-state index contributed by atoms with van der Waals surface area (Å²) >= 11 is 0. The first-order valence-electron chi connectivity index (χ1n) is 7.48. The van der Waals surface area contributed by atoms with Gasteiger partial charge in [-0.05, 0) is 25.8 Å². The molecule has 118 valence electrons. The molecule has 0 spiro atoms. The van der Waals surface area contributed by atoms with Gasteiger partial charge in [0.2, 0.25) is 0 Å². The maximum atomic E-state index is 4.51. The Kier molecular flexibility index (Phi) is 7.47. The number of halogens is 1. The quantitative estimate of drug-likeness (QED) is 0.815. The van der Waals surface area contributed by atoms with Crippen molar-refractivity contribution in [1.82, 2.24) is 24.9 Å². The second kappa shape index (κ2) is 8.85. The van der Waals surface area contributed by atoms with E-state index in [2.05, 4.69) is 46.3 Å². The predicted octanol–water partition coefficient (Wildman–Crippen LogP) is 2.92. The average molecular weight is 312 g/mol. The molecule has 5 nitrogen and oxygen atoms in total. The third-order valence-corrected chi connectivity index (χ3v) is 3.20. The van der Waals surface area contributed by atoms with Crippen molar-refractivity contribution in [3.63, 3.8) is 0 Å². The zero-order valence-electron chi connectivity index (χ0n) is 13.2. The number of rotatable bonds is 8. The molecule has 2 aromatic heterocycles. The number of nitrogens with zero attached hydrogens (tertiary/aromatic N) is 4. The maximum Gasteiger partial charge on any atom is 0.0597 e. The van der Waals surface area contributed by atoms with Gasteiger partial charge in [-0.3, -0.25) is 9.36 Å². The Hall–Kier alpha value is -1.33. The lowest BCUT2D eigenvalue weighted by molar-refractivity contribution is 0.547. The first kappa shape index (κ1) is 17.7. The molecule has 0 aliphatic rings. The van der Waals surface area contributed by atoms with E-state index >= 15 is 0 Å². The molecule has 2 rings (SSSR count). The minimum Gasteiger partial charge on any atom is -0.307 e. The number of aromatic nitrogens is 4. The summed E-state index contributed by atoms with van der Waals surface area (Å²) in [6.45, 7) is 10.1. The fourth-order valence-electron chi connectivity index (χ4n) is 2.33. The molecule has 0 radical (unpaired) electrons. The highest BCUT2D eigenvalue weighted by molar-refractivity contribution is 5.85. The Bertz CT molecular complexity index is 532. The summed E-state index contributed by atoms with van der Waals surface area (Å²) in [6.07, 6.45) is 6.28. The van der Waals surface area contributed by atoms with Crippen LogP contribution in [0.25, 0.3) is 0 Å². The van der Waals surface area contributed by atoms with E-state index in [9.17, 15) is 0 Å². The molecule has 2 heterocycles. The van der Waals surface area contributed by atoms with Crippen LogP contribution in [0.2, 0.25) is 0 Å². The molecule has 0 bridgehead atoms. The van der Waals surface area contributed by atoms with E-state index in [1.165, 1.54) is 11.3 Å². The van der Waals surface area contributed by atoms with Crippen molar-refractivity contribution in [2.24, 2.45) is 0 Å². The number of hydrogen-bond acceptors (Lipinski definition) is 3. The van der Waals surface area contributed by atoms with Crippen molar-refractivity contribution in [1.29, 1.82) is 0 Å². The molecular weight excluding hydrogens is 286 g/mol. The van der Waals surface area contributed by atoms with Gasteiger partial charge in [0.1, 0.15) is 0 Å². The molecule has 1 N–H and O–H groups in total. The molecule has 0 aliphatic carbocycles. The average Bonchev–Trinajstić information content (AvgIpc) is 2.98. The Labute approximate surface area is 133 Å². The smallest absolute Gasteiger partial charge is 0.0597 e. The summed E-state index contributed by atoms with van der Waals surface area (Å²) in [6, 6.07) is 2.16. The minimum absolute atomic E-state index is 0. The van der Waals surface area contributed by atoms with E-state index in [0.717, 1.165) is 44.7 Å². The largest absolute Gasteiger partial charge is 0.307 e. The van der Waals surface area contributed by atoms with E-state index in [1.54, 1.807) is 0 Å². The summed E-state index contributed by atoms with van der Waals surface area (Å²) in [4.78, 5) is 0. The normalized spacial score (nSPS) is 10.6. The van der Waals surface area contributed by atoms with E-state index in [0.29, 0.717) is 0 Å². The molecule has 0 fully saturated rings. The van der Waals surface area contributed by atoms with Crippen LogP contribution in [0.3, 0.4) is 0 Å². The highest BCUT2D eigenvalue weighted by Gasteiger charge is 2.05. The SMILES string of the molecule is CCCn1cc(CNCc2cc(C)nn2CCC)cn1.Cl. The zero-order chi connectivity index (χ0) is 14.4. The first-order valence-corrected chi connectivity index (χ1v) is 7.48. The van der Waals surface area contributed by atoms with Crippen molar-refractivity contribution in [3.8, 4) is 0 Å². The minimum atomic E-state index is 0. The van der Waals surface area contributed by atoms with Gasteiger partial charge < -0.3 is 5.32 Å². The lowest BCUT2D eigenvalue weighted by Gasteiger charge is -2.06. The monoisotopic (exact) mass is 311 g/mol. The van der Waals surface area contributed by atoms with Gasteiger partial charge in [0.05, 0.1) is 17.6 Å². The molecular formula is C15H26ClN5. The van der Waals surface area contributed by atoms with Crippen molar-refractivity contribution in [2.75, 3.05) is 0 Å².